The second kappa shape index (κ2) is 11.8. The molecule has 0 N–H and O–H groups in total. The van der Waals surface area contributed by atoms with Gasteiger partial charge >= 0.3 is 0 Å². The highest BCUT2D eigenvalue weighted by Gasteiger charge is 2.32. The van der Waals surface area contributed by atoms with Crippen molar-refractivity contribution in [3.63, 3.8) is 0 Å². The summed E-state index contributed by atoms with van der Waals surface area (Å²) in [4.78, 5) is 45.8. The van der Waals surface area contributed by atoms with Crippen LogP contribution in [0.25, 0.3) is 27.2 Å². The Labute approximate surface area is 252 Å². The Morgan fingerprint density at radius 1 is 1.02 bits per heavy atom. The van der Waals surface area contributed by atoms with Crippen molar-refractivity contribution in [1.29, 1.82) is 0 Å². The Bertz CT molecular complexity index is 1830. The zero-order valence-corrected chi connectivity index (χ0v) is 24.7. The summed E-state index contributed by atoms with van der Waals surface area (Å²) in [5.41, 5.74) is 3.58. The van der Waals surface area contributed by atoms with Gasteiger partial charge in [-0.1, -0.05) is 49.7 Å². The number of aromatic nitrogens is 3. The minimum Gasteiger partial charge on any atom is -0.335 e. The average Bonchev–Trinajstić information content (AvgIpc) is 3.68. The van der Waals surface area contributed by atoms with Gasteiger partial charge in [0.25, 0.3) is 17.5 Å². The van der Waals surface area contributed by atoms with Gasteiger partial charge in [0.15, 0.2) is 0 Å². The van der Waals surface area contributed by atoms with E-state index < -0.39 is 4.92 Å². The third kappa shape index (κ3) is 5.51. The molecule has 0 saturated carbocycles. The van der Waals surface area contributed by atoms with E-state index in [0.29, 0.717) is 42.3 Å². The van der Waals surface area contributed by atoms with Gasteiger partial charge in [0.1, 0.15) is 0 Å². The molecule has 0 bridgehead atoms. The van der Waals surface area contributed by atoms with Crippen molar-refractivity contribution in [3.8, 4) is 16.4 Å². The zero-order valence-electron chi connectivity index (χ0n) is 23.8. The molecule has 2 amide bonds. The van der Waals surface area contributed by atoms with Gasteiger partial charge in [0, 0.05) is 54.3 Å². The number of hydrogen-bond acceptors (Lipinski definition) is 7. The Morgan fingerprint density at radius 2 is 1.79 bits per heavy atom. The van der Waals surface area contributed by atoms with Crippen LogP contribution in [0.3, 0.4) is 0 Å². The van der Waals surface area contributed by atoms with E-state index in [-0.39, 0.29) is 23.5 Å². The van der Waals surface area contributed by atoms with Crippen LogP contribution in [-0.4, -0.2) is 67.0 Å². The van der Waals surface area contributed by atoms with Crippen LogP contribution in [0.15, 0.2) is 78.3 Å². The number of thiazole rings is 1. The lowest BCUT2D eigenvalue weighted by atomic mass is 10.1. The number of nitro groups is 1. The molecule has 1 fully saturated rings. The molecule has 0 aliphatic carbocycles. The first kappa shape index (κ1) is 28.2. The van der Waals surface area contributed by atoms with Crippen molar-refractivity contribution < 1.29 is 14.5 Å². The summed E-state index contributed by atoms with van der Waals surface area (Å²) in [5, 5.41) is 20.6. The SMILES string of the molecule is CCCc1c(C(=O)N2CCN(C(=O)c3ccc([N+](=O)[O-])cc3)C(C)C2)cnn1-c1nc(-c2ccc3ccccc3c2)cs1. The summed E-state index contributed by atoms with van der Waals surface area (Å²) in [5.74, 6) is -0.324. The molecular weight excluding hydrogens is 564 g/mol. The van der Waals surface area contributed by atoms with E-state index in [0.717, 1.165) is 28.8 Å². The van der Waals surface area contributed by atoms with Gasteiger partial charge in [-0.25, -0.2) is 9.67 Å². The van der Waals surface area contributed by atoms with Crippen molar-refractivity contribution in [2.24, 2.45) is 0 Å². The monoisotopic (exact) mass is 594 g/mol. The van der Waals surface area contributed by atoms with Gasteiger partial charge in [0.2, 0.25) is 5.13 Å². The number of piperazine rings is 1. The minimum atomic E-state index is -0.492. The quantitative estimate of drug-likeness (QED) is 0.169. The summed E-state index contributed by atoms with van der Waals surface area (Å²) in [6.07, 6.45) is 3.13. The summed E-state index contributed by atoms with van der Waals surface area (Å²) < 4.78 is 1.78. The Kier molecular flexibility index (Phi) is 7.73. The van der Waals surface area contributed by atoms with E-state index in [4.69, 9.17) is 4.98 Å². The predicted molar refractivity (Wildman–Crippen MR) is 166 cm³/mol. The van der Waals surface area contributed by atoms with Gasteiger partial charge in [-0.2, -0.15) is 5.10 Å². The molecular formula is C32H30N6O4S. The largest absolute Gasteiger partial charge is 0.335 e. The van der Waals surface area contributed by atoms with E-state index in [2.05, 4.69) is 42.4 Å². The van der Waals surface area contributed by atoms with E-state index in [1.807, 2.05) is 24.4 Å². The number of carbonyl (C=O) groups is 2. The molecule has 43 heavy (non-hydrogen) atoms. The summed E-state index contributed by atoms with van der Waals surface area (Å²) in [6, 6.07) is 19.9. The number of hydrogen-bond donors (Lipinski definition) is 0. The second-order valence-electron chi connectivity index (χ2n) is 10.6. The van der Waals surface area contributed by atoms with Crippen molar-refractivity contribution >= 4 is 39.6 Å². The van der Waals surface area contributed by atoms with Gasteiger partial charge in [-0.05, 0) is 42.3 Å². The van der Waals surface area contributed by atoms with Crippen molar-refractivity contribution in [1.82, 2.24) is 24.6 Å². The maximum absolute atomic E-state index is 13.8. The van der Waals surface area contributed by atoms with Crippen molar-refractivity contribution in [2.45, 2.75) is 32.7 Å². The Hall–Kier alpha value is -4.90. The molecule has 3 heterocycles. The fourth-order valence-corrected chi connectivity index (χ4v) is 6.36. The van der Waals surface area contributed by atoms with Gasteiger partial charge in [-0.15, -0.1) is 11.3 Å². The number of nitro benzene ring substituents is 1. The average molecular weight is 595 g/mol. The first-order chi connectivity index (χ1) is 20.8. The Morgan fingerprint density at radius 3 is 2.51 bits per heavy atom. The molecule has 0 radical (unpaired) electrons. The lowest BCUT2D eigenvalue weighted by Gasteiger charge is -2.40. The maximum atomic E-state index is 13.8. The number of amides is 2. The predicted octanol–water partition coefficient (Wildman–Crippen LogP) is 6.00. The topological polar surface area (TPSA) is 114 Å². The number of nitrogens with zero attached hydrogens (tertiary/aromatic N) is 6. The standard InChI is InChI=1S/C32H30N6O4S/c1-3-6-29-27(18-33-37(29)32-34-28(20-43-32)25-10-9-22-7-4-5-8-24(22)17-25)31(40)35-15-16-36(21(2)19-35)30(39)23-11-13-26(14-12-23)38(41)42/h4-5,7-14,17-18,20-21H,3,6,15-16,19H2,1-2H3. The van der Waals surface area contributed by atoms with Gasteiger partial charge in [0.05, 0.1) is 28.1 Å². The number of non-ortho nitro benzene ring substituents is 1. The molecule has 218 valence electrons. The highest BCUT2D eigenvalue weighted by molar-refractivity contribution is 7.12. The highest BCUT2D eigenvalue weighted by Crippen LogP contribution is 2.29. The molecule has 1 aliphatic heterocycles. The van der Waals surface area contributed by atoms with E-state index >= 15 is 0 Å². The van der Waals surface area contributed by atoms with Crippen LogP contribution in [0.1, 0.15) is 46.7 Å². The summed E-state index contributed by atoms with van der Waals surface area (Å²) in [7, 11) is 0. The molecule has 2 aromatic heterocycles. The first-order valence-corrected chi connectivity index (χ1v) is 15.1. The molecule has 11 heteroatoms. The zero-order chi connectivity index (χ0) is 30.1. The fourth-order valence-electron chi connectivity index (χ4n) is 5.54. The summed E-state index contributed by atoms with van der Waals surface area (Å²) >= 11 is 1.49. The smallest absolute Gasteiger partial charge is 0.269 e. The van der Waals surface area contributed by atoms with Gasteiger partial charge in [-0.3, -0.25) is 19.7 Å². The van der Waals surface area contributed by atoms with Gasteiger partial charge < -0.3 is 9.80 Å². The van der Waals surface area contributed by atoms with E-state index in [9.17, 15) is 19.7 Å². The van der Waals surface area contributed by atoms with E-state index in [1.54, 1.807) is 20.7 Å². The molecule has 1 atom stereocenters. The first-order valence-electron chi connectivity index (χ1n) is 14.2. The lowest BCUT2D eigenvalue weighted by Crippen LogP contribution is -2.55. The van der Waals surface area contributed by atoms with Crippen LogP contribution in [-0.2, 0) is 6.42 Å². The molecule has 1 unspecified atom stereocenters. The normalized spacial score (nSPS) is 15.2. The van der Waals surface area contributed by atoms with Crippen LogP contribution in [0.2, 0.25) is 0 Å². The van der Waals surface area contributed by atoms with Crippen LogP contribution in [0.4, 0.5) is 5.69 Å². The molecule has 5 aromatic rings. The van der Waals surface area contributed by atoms with E-state index in [1.165, 1.54) is 41.0 Å². The number of rotatable bonds is 7. The molecule has 3 aromatic carbocycles. The lowest BCUT2D eigenvalue weighted by molar-refractivity contribution is -0.384. The number of benzene rings is 3. The molecule has 6 rings (SSSR count). The molecule has 10 nitrogen and oxygen atoms in total. The van der Waals surface area contributed by atoms with Crippen molar-refractivity contribution in [2.75, 3.05) is 19.6 Å². The number of fused-ring (bicyclic) bond motifs is 1. The highest BCUT2D eigenvalue weighted by atomic mass is 32.1. The van der Waals surface area contributed by atoms with Crippen molar-refractivity contribution in [3.05, 3.63) is 105 Å². The Balaban J connectivity index is 1.19. The van der Waals surface area contributed by atoms with Crippen LogP contribution in [0, 0.1) is 10.1 Å². The second-order valence-corrected chi connectivity index (χ2v) is 11.5. The molecule has 0 spiro atoms. The molecule has 1 aliphatic rings. The maximum Gasteiger partial charge on any atom is 0.269 e. The minimum absolute atomic E-state index is 0.0638. The molecule has 1 saturated heterocycles. The van der Waals surface area contributed by atoms with Crippen LogP contribution in [0.5, 0.6) is 0 Å². The van der Waals surface area contributed by atoms with Crippen LogP contribution >= 0.6 is 11.3 Å². The third-order valence-corrected chi connectivity index (χ3v) is 8.62. The fraction of sp³-hybridized carbons (Fsp3) is 0.250. The summed E-state index contributed by atoms with van der Waals surface area (Å²) in [6.45, 7) is 5.09. The third-order valence-electron chi connectivity index (χ3n) is 7.81. The number of carbonyl (C=O) groups excluding carboxylic acids is 2. The van der Waals surface area contributed by atoms with Crippen LogP contribution < -0.4 is 0 Å².